The molecule has 0 aliphatic rings. The summed E-state index contributed by atoms with van der Waals surface area (Å²) in [7, 11) is 0. The van der Waals surface area contributed by atoms with Crippen LogP contribution in [0.3, 0.4) is 0 Å². The fraction of sp³-hybridized carbons (Fsp3) is 0.375. The lowest BCUT2D eigenvalue weighted by molar-refractivity contribution is -0.269. The van der Waals surface area contributed by atoms with Gasteiger partial charge in [0.2, 0.25) is 5.60 Å². The zero-order valence-electron chi connectivity index (χ0n) is 13.7. The minimum Gasteiger partial charge on any atom is -0.461 e. The van der Waals surface area contributed by atoms with Crippen molar-refractivity contribution in [2.24, 2.45) is 0 Å². The number of alkyl halides is 6. The van der Waals surface area contributed by atoms with Crippen molar-refractivity contribution in [3.8, 4) is 0 Å². The topological polar surface area (TPSA) is 59.4 Å². The summed E-state index contributed by atoms with van der Waals surface area (Å²) >= 11 is 0.508. The lowest BCUT2D eigenvalue weighted by Crippen LogP contribution is -2.44. The van der Waals surface area contributed by atoms with Crippen LogP contribution >= 0.6 is 11.3 Å². The molecule has 4 nitrogen and oxygen atoms in total. The van der Waals surface area contributed by atoms with Crippen molar-refractivity contribution < 1.29 is 41.0 Å². The van der Waals surface area contributed by atoms with Gasteiger partial charge < -0.3 is 9.84 Å². The number of carbonyl (C=O) groups excluding carboxylic acids is 1. The van der Waals surface area contributed by atoms with Crippen LogP contribution in [0.25, 0.3) is 0 Å². The zero-order valence-corrected chi connectivity index (χ0v) is 14.5. The quantitative estimate of drug-likeness (QED) is 0.585. The second-order valence-corrected chi connectivity index (χ2v) is 6.50. The number of aryl methyl sites for hydroxylation is 1. The number of benzene rings is 1. The van der Waals surface area contributed by atoms with Crippen molar-refractivity contribution >= 4 is 17.3 Å². The molecular formula is C16H13F6NO3S. The van der Waals surface area contributed by atoms with Crippen LogP contribution in [-0.2, 0) is 27.9 Å². The maximum absolute atomic E-state index is 13.3. The molecule has 148 valence electrons. The second kappa shape index (κ2) is 7.47. The Bertz CT molecular complexity index is 817. The first-order chi connectivity index (χ1) is 12.3. The van der Waals surface area contributed by atoms with Gasteiger partial charge in [-0.05, 0) is 13.0 Å². The first kappa shape index (κ1) is 21.2. The number of halogens is 6. The Morgan fingerprint density at radius 3 is 2.33 bits per heavy atom. The van der Waals surface area contributed by atoms with Crippen LogP contribution in [-0.4, -0.2) is 22.2 Å². The number of nitrogens with zero attached hydrogens (tertiary/aromatic N) is 1. The largest absolute Gasteiger partial charge is 0.461 e. The van der Waals surface area contributed by atoms with Crippen molar-refractivity contribution in [2.45, 2.75) is 37.9 Å². The van der Waals surface area contributed by atoms with E-state index in [1.54, 1.807) is 0 Å². The number of hydrogen-bond acceptors (Lipinski definition) is 5. The summed E-state index contributed by atoms with van der Waals surface area (Å²) < 4.78 is 83.1. The third-order valence-electron chi connectivity index (χ3n) is 3.55. The van der Waals surface area contributed by atoms with E-state index in [-0.39, 0.29) is 5.69 Å². The van der Waals surface area contributed by atoms with E-state index in [0.29, 0.717) is 11.3 Å². The van der Waals surface area contributed by atoms with Crippen LogP contribution in [0, 0.1) is 6.92 Å². The van der Waals surface area contributed by atoms with Crippen molar-refractivity contribution in [3.63, 3.8) is 0 Å². The average Bonchev–Trinajstić information content (AvgIpc) is 2.98. The van der Waals surface area contributed by atoms with Crippen LogP contribution in [0.5, 0.6) is 0 Å². The van der Waals surface area contributed by atoms with Gasteiger partial charge in [-0.1, -0.05) is 18.2 Å². The standard InChI is InChI=1S/C16H13F6NO3S/c1-9-8-27-13(23-9)14(25,16(20,21)22)6-12(24)26-7-10-4-2-3-5-11(10)15(17,18)19/h2-5,8,25H,6-7H2,1H3. The van der Waals surface area contributed by atoms with Gasteiger partial charge in [-0.2, -0.15) is 26.3 Å². The number of aliphatic hydroxyl groups is 1. The number of thiazole rings is 1. The van der Waals surface area contributed by atoms with Gasteiger partial charge >= 0.3 is 18.3 Å². The molecule has 0 saturated heterocycles. The third-order valence-corrected chi connectivity index (χ3v) is 4.66. The molecule has 1 aromatic carbocycles. The van der Waals surface area contributed by atoms with E-state index >= 15 is 0 Å². The summed E-state index contributed by atoms with van der Waals surface area (Å²) in [5.41, 5.74) is -4.87. The molecule has 0 aliphatic heterocycles. The number of aromatic nitrogens is 1. The van der Waals surface area contributed by atoms with Crippen LogP contribution in [0.15, 0.2) is 29.6 Å². The number of rotatable bonds is 5. The highest BCUT2D eigenvalue weighted by atomic mass is 32.1. The van der Waals surface area contributed by atoms with E-state index < -0.39 is 53.1 Å². The first-order valence-electron chi connectivity index (χ1n) is 7.37. The minimum absolute atomic E-state index is 0.213. The zero-order chi connectivity index (χ0) is 20.5. The molecule has 2 aromatic rings. The number of ether oxygens (including phenoxy) is 1. The molecule has 11 heteroatoms. The van der Waals surface area contributed by atoms with Gasteiger partial charge in [0.05, 0.1) is 12.0 Å². The summed E-state index contributed by atoms with van der Waals surface area (Å²) in [5.74, 6) is -1.51. The summed E-state index contributed by atoms with van der Waals surface area (Å²) in [5, 5.41) is 10.5. The van der Waals surface area contributed by atoms with Gasteiger partial charge in [0, 0.05) is 16.6 Å². The molecule has 2 rings (SSSR count). The third kappa shape index (κ3) is 4.78. The molecule has 1 N–H and O–H groups in total. The SMILES string of the molecule is Cc1csc(C(O)(CC(=O)OCc2ccccc2C(F)(F)F)C(F)(F)F)n1. The Kier molecular flexibility index (Phi) is 5.85. The summed E-state index contributed by atoms with van der Waals surface area (Å²) in [6.07, 6.45) is -11.5. The van der Waals surface area contributed by atoms with Crippen LogP contribution < -0.4 is 0 Å². The van der Waals surface area contributed by atoms with Crippen molar-refractivity contribution in [1.29, 1.82) is 0 Å². The minimum atomic E-state index is -5.24. The molecule has 0 bridgehead atoms. The van der Waals surface area contributed by atoms with Crippen molar-refractivity contribution in [1.82, 2.24) is 4.98 Å². The molecule has 1 atom stereocenters. The van der Waals surface area contributed by atoms with E-state index in [1.807, 2.05) is 0 Å². The van der Waals surface area contributed by atoms with Gasteiger partial charge in [-0.25, -0.2) is 4.98 Å². The fourth-order valence-electron chi connectivity index (χ4n) is 2.18. The molecule has 0 amide bonds. The molecule has 1 unspecified atom stereocenters. The highest BCUT2D eigenvalue weighted by molar-refractivity contribution is 7.09. The molecule has 0 spiro atoms. The number of esters is 1. The first-order valence-corrected chi connectivity index (χ1v) is 8.25. The highest BCUT2D eigenvalue weighted by Gasteiger charge is 2.58. The summed E-state index contributed by atoms with van der Waals surface area (Å²) in [6, 6.07) is 4.19. The van der Waals surface area contributed by atoms with Crippen LogP contribution in [0.1, 0.15) is 28.2 Å². The van der Waals surface area contributed by atoms with Gasteiger partial charge in [0.1, 0.15) is 11.6 Å². The lowest BCUT2D eigenvalue weighted by Gasteiger charge is -2.27. The van der Waals surface area contributed by atoms with Crippen LogP contribution in [0.4, 0.5) is 26.3 Å². The van der Waals surface area contributed by atoms with E-state index in [4.69, 9.17) is 0 Å². The second-order valence-electron chi connectivity index (χ2n) is 5.64. The Labute approximate surface area is 153 Å². The molecule has 0 aliphatic carbocycles. The predicted octanol–water partition coefficient (Wildman–Crippen LogP) is 4.35. The highest BCUT2D eigenvalue weighted by Crippen LogP contribution is 2.43. The summed E-state index contributed by atoms with van der Waals surface area (Å²) in [4.78, 5) is 15.4. The van der Waals surface area contributed by atoms with Crippen molar-refractivity contribution in [3.05, 3.63) is 51.5 Å². The average molecular weight is 413 g/mol. The van der Waals surface area contributed by atoms with Gasteiger partial charge in [-0.3, -0.25) is 4.79 Å². The number of carbonyl (C=O) groups is 1. The molecule has 0 fully saturated rings. The molecule has 27 heavy (non-hydrogen) atoms. The smallest absolute Gasteiger partial charge is 0.424 e. The molecule has 1 heterocycles. The van der Waals surface area contributed by atoms with Gasteiger partial charge in [0.25, 0.3) is 0 Å². The van der Waals surface area contributed by atoms with E-state index in [9.17, 15) is 36.2 Å². The Balaban J connectivity index is 2.17. The maximum atomic E-state index is 13.3. The Hall–Kier alpha value is -2.14. The lowest BCUT2D eigenvalue weighted by atomic mass is 10.00. The van der Waals surface area contributed by atoms with Crippen molar-refractivity contribution in [2.75, 3.05) is 0 Å². The predicted molar refractivity (Wildman–Crippen MR) is 82.7 cm³/mol. The van der Waals surface area contributed by atoms with E-state index in [0.717, 1.165) is 18.2 Å². The molecule has 0 saturated carbocycles. The van der Waals surface area contributed by atoms with Crippen LogP contribution in [0.2, 0.25) is 0 Å². The normalized spacial score (nSPS) is 14.7. The summed E-state index contributed by atoms with van der Waals surface area (Å²) in [6.45, 7) is 0.516. The molecular weight excluding hydrogens is 400 g/mol. The van der Waals surface area contributed by atoms with Gasteiger partial charge in [-0.15, -0.1) is 11.3 Å². The molecule has 1 aromatic heterocycles. The van der Waals surface area contributed by atoms with Gasteiger partial charge in [0.15, 0.2) is 0 Å². The fourth-order valence-corrected chi connectivity index (χ4v) is 3.10. The Morgan fingerprint density at radius 2 is 1.81 bits per heavy atom. The Morgan fingerprint density at radius 1 is 1.19 bits per heavy atom. The molecule has 0 radical (unpaired) electrons. The number of hydrogen-bond donors (Lipinski definition) is 1. The van der Waals surface area contributed by atoms with E-state index in [1.165, 1.54) is 18.4 Å². The van der Waals surface area contributed by atoms with E-state index in [2.05, 4.69) is 9.72 Å². The maximum Gasteiger partial charge on any atom is 0.424 e. The monoisotopic (exact) mass is 413 g/mol.